The average molecular weight is 152 g/mol. The first-order valence-corrected chi connectivity index (χ1v) is 3.56. The topological polar surface area (TPSA) is 58.5 Å². The molecular formula is C7H8N2O2. The lowest BCUT2D eigenvalue weighted by atomic mass is 9.85. The van der Waals surface area contributed by atoms with Crippen LogP contribution in [0.2, 0.25) is 0 Å². The standard InChI is InChI=1S/C7H8N2O2/c10-5-3-7(6(11)9-5)1-2-8-4-7/h2H,1,3-4H2,(H,9,10,11). The predicted octanol–water partition coefficient (Wildman–Crippen LogP) is -0.506. The molecule has 1 unspecified atom stereocenters. The molecule has 0 bridgehead atoms. The molecule has 1 saturated heterocycles. The number of carbonyl (C=O) groups is 2. The Hall–Kier alpha value is -1.19. The zero-order valence-electron chi connectivity index (χ0n) is 5.96. The Morgan fingerprint density at radius 2 is 2.36 bits per heavy atom. The Balaban J connectivity index is 2.26. The van der Waals surface area contributed by atoms with Crippen molar-refractivity contribution in [3.8, 4) is 0 Å². The van der Waals surface area contributed by atoms with Gasteiger partial charge in [0.25, 0.3) is 0 Å². The molecule has 0 radical (unpaired) electrons. The Morgan fingerprint density at radius 1 is 1.55 bits per heavy atom. The highest BCUT2D eigenvalue weighted by Gasteiger charge is 2.47. The number of hydrogen-bond acceptors (Lipinski definition) is 3. The van der Waals surface area contributed by atoms with E-state index in [4.69, 9.17) is 0 Å². The summed E-state index contributed by atoms with van der Waals surface area (Å²) < 4.78 is 0. The van der Waals surface area contributed by atoms with Crippen molar-refractivity contribution < 1.29 is 9.59 Å². The first-order valence-electron chi connectivity index (χ1n) is 3.56. The van der Waals surface area contributed by atoms with E-state index in [-0.39, 0.29) is 11.8 Å². The highest BCUT2D eigenvalue weighted by atomic mass is 16.2. The van der Waals surface area contributed by atoms with Crippen molar-refractivity contribution in [2.24, 2.45) is 10.4 Å². The van der Waals surface area contributed by atoms with Crippen molar-refractivity contribution >= 4 is 18.0 Å². The van der Waals surface area contributed by atoms with Gasteiger partial charge in [0.15, 0.2) is 0 Å². The van der Waals surface area contributed by atoms with E-state index in [0.717, 1.165) is 0 Å². The number of hydrogen-bond donors (Lipinski definition) is 1. The summed E-state index contributed by atoms with van der Waals surface area (Å²) >= 11 is 0. The van der Waals surface area contributed by atoms with Crippen molar-refractivity contribution in [3.63, 3.8) is 0 Å². The van der Waals surface area contributed by atoms with Crippen LogP contribution in [-0.2, 0) is 9.59 Å². The molecular weight excluding hydrogens is 144 g/mol. The van der Waals surface area contributed by atoms with Gasteiger partial charge >= 0.3 is 0 Å². The Kier molecular flexibility index (Phi) is 1.13. The van der Waals surface area contributed by atoms with E-state index in [0.29, 0.717) is 19.4 Å². The van der Waals surface area contributed by atoms with E-state index >= 15 is 0 Å². The first-order chi connectivity index (χ1) is 5.23. The molecule has 2 aliphatic rings. The molecule has 0 aromatic heterocycles. The molecule has 11 heavy (non-hydrogen) atoms. The molecule has 2 rings (SSSR count). The minimum atomic E-state index is -0.503. The fraction of sp³-hybridized carbons (Fsp3) is 0.571. The quantitative estimate of drug-likeness (QED) is 0.475. The van der Waals surface area contributed by atoms with Crippen LogP contribution in [0.25, 0.3) is 0 Å². The normalized spacial score (nSPS) is 35.3. The van der Waals surface area contributed by atoms with Crippen LogP contribution in [-0.4, -0.2) is 24.6 Å². The fourth-order valence-electron chi connectivity index (χ4n) is 1.53. The zero-order chi connectivity index (χ0) is 7.90. The molecule has 2 aliphatic heterocycles. The third-order valence-corrected chi connectivity index (χ3v) is 2.24. The fourth-order valence-corrected chi connectivity index (χ4v) is 1.53. The van der Waals surface area contributed by atoms with Crippen molar-refractivity contribution in [3.05, 3.63) is 0 Å². The van der Waals surface area contributed by atoms with Crippen LogP contribution >= 0.6 is 0 Å². The predicted molar refractivity (Wildman–Crippen MR) is 38.2 cm³/mol. The second kappa shape index (κ2) is 1.90. The Morgan fingerprint density at radius 3 is 2.82 bits per heavy atom. The average Bonchev–Trinajstić information content (AvgIpc) is 2.45. The largest absolute Gasteiger partial charge is 0.296 e. The van der Waals surface area contributed by atoms with Gasteiger partial charge in [-0.1, -0.05) is 0 Å². The summed E-state index contributed by atoms with van der Waals surface area (Å²) in [5.74, 6) is -0.319. The maximum absolute atomic E-state index is 11.2. The van der Waals surface area contributed by atoms with Gasteiger partial charge in [0.1, 0.15) is 0 Å². The molecule has 2 heterocycles. The van der Waals surface area contributed by atoms with Gasteiger partial charge in [0.2, 0.25) is 11.8 Å². The minimum Gasteiger partial charge on any atom is -0.296 e. The van der Waals surface area contributed by atoms with Crippen LogP contribution < -0.4 is 5.32 Å². The number of amides is 2. The molecule has 1 spiro atoms. The lowest BCUT2D eigenvalue weighted by molar-refractivity contribution is -0.127. The molecule has 58 valence electrons. The summed E-state index contributed by atoms with van der Waals surface area (Å²) in [5, 5.41) is 2.29. The van der Waals surface area contributed by atoms with Crippen LogP contribution in [0, 0.1) is 5.41 Å². The maximum Gasteiger partial charge on any atom is 0.235 e. The highest BCUT2D eigenvalue weighted by Crippen LogP contribution is 2.33. The molecule has 1 fully saturated rings. The third kappa shape index (κ3) is 0.785. The number of carbonyl (C=O) groups excluding carboxylic acids is 2. The second-order valence-electron chi connectivity index (χ2n) is 3.06. The number of nitrogens with one attached hydrogen (secondary N) is 1. The summed E-state index contributed by atoms with van der Waals surface area (Å²) in [4.78, 5) is 26.0. The molecule has 2 amide bonds. The van der Waals surface area contributed by atoms with Crippen LogP contribution in [0.5, 0.6) is 0 Å². The summed E-state index contributed by atoms with van der Waals surface area (Å²) in [7, 11) is 0. The number of nitrogens with zero attached hydrogens (tertiary/aromatic N) is 1. The van der Waals surface area contributed by atoms with Gasteiger partial charge in [-0.2, -0.15) is 0 Å². The van der Waals surface area contributed by atoms with Gasteiger partial charge in [0, 0.05) is 6.42 Å². The first kappa shape index (κ1) is 6.52. The van der Waals surface area contributed by atoms with E-state index < -0.39 is 5.41 Å². The molecule has 0 saturated carbocycles. The summed E-state index contributed by atoms with van der Waals surface area (Å²) in [6, 6.07) is 0. The van der Waals surface area contributed by atoms with E-state index in [1.54, 1.807) is 6.21 Å². The lowest BCUT2D eigenvalue weighted by Gasteiger charge is -2.14. The van der Waals surface area contributed by atoms with E-state index in [1.165, 1.54) is 0 Å². The smallest absolute Gasteiger partial charge is 0.235 e. The van der Waals surface area contributed by atoms with Gasteiger partial charge in [-0.15, -0.1) is 0 Å². The molecule has 0 aromatic carbocycles. The molecule has 1 N–H and O–H groups in total. The van der Waals surface area contributed by atoms with Gasteiger partial charge in [-0.25, -0.2) is 0 Å². The Labute approximate surface area is 63.7 Å². The number of rotatable bonds is 0. The van der Waals surface area contributed by atoms with E-state index in [1.807, 2.05) is 0 Å². The van der Waals surface area contributed by atoms with Crippen molar-refractivity contribution in [2.75, 3.05) is 6.54 Å². The van der Waals surface area contributed by atoms with Crippen LogP contribution in [0.3, 0.4) is 0 Å². The van der Waals surface area contributed by atoms with Crippen LogP contribution in [0.15, 0.2) is 4.99 Å². The molecule has 0 aliphatic carbocycles. The number of aliphatic imine (C=N–C) groups is 1. The lowest BCUT2D eigenvalue weighted by Crippen LogP contribution is -2.31. The molecule has 0 aromatic rings. The molecule has 4 nitrogen and oxygen atoms in total. The van der Waals surface area contributed by atoms with Gasteiger partial charge in [-0.05, 0) is 12.6 Å². The van der Waals surface area contributed by atoms with Gasteiger partial charge < -0.3 is 0 Å². The summed E-state index contributed by atoms with van der Waals surface area (Å²) in [6.45, 7) is 0.477. The van der Waals surface area contributed by atoms with E-state index in [2.05, 4.69) is 10.3 Å². The second-order valence-corrected chi connectivity index (χ2v) is 3.06. The van der Waals surface area contributed by atoms with Crippen molar-refractivity contribution in [1.82, 2.24) is 5.32 Å². The summed E-state index contributed by atoms with van der Waals surface area (Å²) in [5.41, 5.74) is -0.503. The van der Waals surface area contributed by atoms with Crippen LogP contribution in [0.4, 0.5) is 0 Å². The minimum absolute atomic E-state index is 0.153. The summed E-state index contributed by atoms with van der Waals surface area (Å²) in [6.07, 6.45) is 2.65. The SMILES string of the molecule is O=C1CC2(CC=NC2)C(=O)N1. The molecule has 1 atom stereocenters. The number of imide groups is 1. The molecule has 4 heteroatoms. The highest BCUT2D eigenvalue weighted by molar-refractivity contribution is 6.07. The monoisotopic (exact) mass is 152 g/mol. The maximum atomic E-state index is 11.2. The van der Waals surface area contributed by atoms with Crippen LogP contribution in [0.1, 0.15) is 12.8 Å². The van der Waals surface area contributed by atoms with Crippen molar-refractivity contribution in [2.45, 2.75) is 12.8 Å². The zero-order valence-corrected chi connectivity index (χ0v) is 5.96. The van der Waals surface area contributed by atoms with Gasteiger partial charge in [0.05, 0.1) is 12.0 Å². The van der Waals surface area contributed by atoms with E-state index in [9.17, 15) is 9.59 Å². The van der Waals surface area contributed by atoms with Gasteiger partial charge in [-0.3, -0.25) is 19.9 Å². The van der Waals surface area contributed by atoms with Crippen molar-refractivity contribution in [1.29, 1.82) is 0 Å². The Bertz CT molecular complexity index is 249. The third-order valence-electron chi connectivity index (χ3n) is 2.24.